The molecular weight excluding hydrogens is 324 g/mol. The highest BCUT2D eigenvalue weighted by molar-refractivity contribution is 9.10. The van der Waals surface area contributed by atoms with Crippen molar-refractivity contribution in [3.05, 3.63) is 50.1 Å². The van der Waals surface area contributed by atoms with Crippen molar-refractivity contribution in [2.45, 2.75) is 19.9 Å². The van der Waals surface area contributed by atoms with Crippen molar-refractivity contribution in [2.75, 3.05) is 5.32 Å². The first-order valence-corrected chi connectivity index (χ1v) is 7.47. The Morgan fingerprint density at radius 1 is 1.37 bits per heavy atom. The fourth-order valence-electron chi connectivity index (χ4n) is 1.80. The van der Waals surface area contributed by atoms with Gasteiger partial charge >= 0.3 is 0 Å². The molecule has 5 heteroatoms. The van der Waals surface area contributed by atoms with Crippen molar-refractivity contribution >= 4 is 38.9 Å². The van der Waals surface area contributed by atoms with Gasteiger partial charge in [-0.15, -0.1) is 11.3 Å². The second kappa shape index (κ2) is 5.75. The van der Waals surface area contributed by atoms with Crippen molar-refractivity contribution in [1.82, 2.24) is 0 Å². The van der Waals surface area contributed by atoms with Crippen LogP contribution in [0.2, 0.25) is 0 Å². The largest absolute Gasteiger partial charge is 0.369 e. The van der Waals surface area contributed by atoms with Crippen LogP contribution in [0.1, 0.15) is 21.4 Å². The number of primary amides is 1. The Bertz CT molecular complexity index is 590. The Morgan fingerprint density at radius 3 is 2.58 bits per heavy atom. The van der Waals surface area contributed by atoms with Crippen LogP contribution in [0.4, 0.5) is 5.69 Å². The number of hydrogen-bond donors (Lipinski definition) is 2. The van der Waals surface area contributed by atoms with Crippen LogP contribution in [-0.2, 0) is 4.79 Å². The lowest BCUT2D eigenvalue weighted by Crippen LogP contribution is -2.27. The van der Waals surface area contributed by atoms with Gasteiger partial charge in [-0.3, -0.25) is 4.79 Å². The molecule has 19 heavy (non-hydrogen) atoms. The van der Waals surface area contributed by atoms with Gasteiger partial charge in [-0.2, -0.15) is 0 Å². The first kappa shape index (κ1) is 14.1. The number of nitrogens with one attached hydrogen (secondary N) is 1. The average Bonchev–Trinajstić information content (AvgIpc) is 2.68. The zero-order chi connectivity index (χ0) is 14.0. The number of benzene rings is 1. The van der Waals surface area contributed by atoms with E-state index in [9.17, 15) is 4.79 Å². The molecule has 3 N–H and O–H groups in total. The first-order valence-electron chi connectivity index (χ1n) is 5.86. The van der Waals surface area contributed by atoms with E-state index in [4.69, 9.17) is 5.73 Å². The number of rotatable bonds is 4. The van der Waals surface area contributed by atoms with Crippen LogP contribution in [0.5, 0.6) is 0 Å². The zero-order valence-corrected chi connectivity index (χ0v) is 13.1. The first-order chi connectivity index (χ1) is 8.99. The number of carbonyl (C=O) groups is 1. The van der Waals surface area contributed by atoms with Crippen molar-refractivity contribution in [2.24, 2.45) is 5.73 Å². The molecule has 0 radical (unpaired) electrons. The highest BCUT2D eigenvalue weighted by atomic mass is 79.9. The molecular formula is C14H15BrN2OS. The van der Waals surface area contributed by atoms with Gasteiger partial charge in [0, 0.05) is 19.9 Å². The van der Waals surface area contributed by atoms with E-state index in [0.717, 1.165) is 25.5 Å². The molecule has 0 aliphatic heterocycles. The topological polar surface area (TPSA) is 55.1 Å². The fourth-order valence-corrected chi connectivity index (χ4v) is 3.42. The van der Waals surface area contributed by atoms with Gasteiger partial charge in [0.15, 0.2) is 0 Å². The van der Waals surface area contributed by atoms with Crippen LogP contribution < -0.4 is 11.1 Å². The summed E-state index contributed by atoms with van der Waals surface area (Å²) in [5.74, 6) is -0.378. The van der Waals surface area contributed by atoms with E-state index in [1.165, 1.54) is 0 Å². The number of thiophene rings is 1. The van der Waals surface area contributed by atoms with E-state index in [1.807, 2.05) is 44.2 Å². The summed E-state index contributed by atoms with van der Waals surface area (Å²) in [6, 6.07) is 9.28. The van der Waals surface area contributed by atoms with Gasteiger partial charge in [-0.1, -0.05) is 18.2 Å². The minimum atomic E-state index is -0.504. The minimum Gasteiger partial charge on any atom is -0.369 e. The summed E-state index contributed by atoms with van der Waals surface area (Å²) in [5, 5.41) is 3.22. The molecule has 0 aliphatic rings. The maximum absolute atomic E-state index is 11.7. The molecule has 1 unspecified atom stereocenters. The van der Waals surface area contributed by atoms with Crippen molar-refractivity contribution < 1.29 is 4.79 Å². The molecule has 0 aliphatic carbocycles. The lowest BCUT2D eigenvalue weighted by Gasteiger charge is -2.16. The maximum Gasteiger partial charge on any atom is 0.245 e. The van der Waals surface area contributed by atoms with Gasteiger partial charge < -0.3 is 11.1 Å². The summed E-state index contributed by atoms with van der Waals surface area (Å²) in [4.78, 5) is 13.7. The molecule has 0 saturated carbocycles. The highest BCUT2D eigenvalue weighted by Gasteiger charge is 2.21. The van der Waals surface area contributed by atoms with E-state index < -0.39 is 6.04 Å². The normalized spacial score (nSPS) is 12.2. The van der Waals surface area contributed by atoms with Crippen LogP contribution in [0, 0.1) is 13.8 Å². The second-order valence-corrected chi connectivity index (χ2v) is 6.49. The third kappa shape index (κ3) is 3.16. The molecule has 1 aromatic carbocycles. The Morgan fingerprint density at radius 2 is 2.05 bits per heavy atom. The number of nitrogens with two attached hydrogens (primary N) is 1. The van der Waals surface area contributed by atoms with Crippen LogP contribution in [0.3, 0.4) is 0 Å². The molecule has 0 saturated heterocycles. The van der Waals surface area contributed by atoms with E-state index in [0.29, 0.717) is 0 Å². The maximum atomic E-state index is 11.7. The van der Waals surface area contributed by atoms with Crippen LogP contribution in [-0.4, -0.2) is 5.91 Å². The summed E-state index contributed by atoms with van der Waals surface area (Å²) < 4.78 is 1.00. The van der Waals surface area contributed by atoms with Gasteiger partial charge in [-0.05, 0) is 47.5 Å². The Hall–Kier alpha value is -1.33. The Kier molecular flexibility index (Phi) is 4.27. The van der Waals surface area contributed by atoms with E-state index in [2.05, 4.69) is 21.2 Å². The van der Waals surface area contributed by atoms with Gasteiger partial charge in [0.25, 0.3) is 0 Å². The number of halogens is 1. The lowest BCUT2D eigenvalue weighted by atomic mass is 10.1. The summed E-state index contributed by atoms with van der Waals surface area (Å²) in [6.07, 6.45) is 0. The number of hydrogen-bond acceptors (Lipinski definition) is 3. The number of carbonyl (C=O) groups excluding carboxylic acids is 1. The summed E-state index contributed by atoms with van der Waals surface area (Å²) in [5.41, 5.74) is 7.52. The molecule has 1 amide bonds. The zero-order valence-electron chi connectivity index (χ0n) is 10.7. The predicted molar refractivity (Wildman–Crippen MR) is 83.5 cm³/mol. The quantitative estimate of drug-likeness (QED) is 0.891. The van der Waals surface area contributed by atoms with E-state index in [1.54, 1.807) is 11.3 Å². The van der Waals surface area contributed by atoms with E-state index in [-0.39, 0.29) is 5.91 Å². The molecule has 0 fully saturated rings. The number of anilines is 1. The fraction of sp³-hybridized carbons (Fsp3) is 0.214. The molecule has 1 aromatic heterocycles. The molecule has 3 nitrogen and oxygen atoms in total. The Labute approximate surface area is 125 Å². The smallest absolute Gasteiger partial charge is 0.245 e. The molecule has 2 aromatic rings. The van der Waals surface area contributed by atoms with Gasteiger partial charge in [0.05, 0.1) is 0 Å². The third-order valence-corrected chi connectivity index (χ3v) is 5.09. The highest BCUT2D eigenvalue weighted by Crippen LogP contribution is 2.32. The molecule has 2 rings (SSSR count). The second-order valence-electron chi connectivity index (χ2n) is 4.35. The van der Waals surface area contributed by atoms with Crippen molar-refractivity contribution in [1.29, 1.82) is 0 Å². The van der Waals surface area contributed by atoms with Crippen LogP contribution in [0.25, 0.3) is 0 Å². The Balaban J connectivity index is 2.32. The number of aryl methyl sites for hydroxylation is 2. The van der Waals surface area contributed by atoms with E-state index >= 15 is 0 Å². The monoisotopic (exact) mass is 338 g/mol. The molecule has 1 atom stereocenters. The molecule has 1 heterocycles. The standard InChI is InChI=1S/C14H15BrN2OS/c1-8-5-3-4-6-11(8)17-13(14(16)18)12-7-10(15)9(2)19-12/h3-7,13,17H,1-2H3,(H2,16,18). The van der Waals surface area contributed by atoms with Gasteiger partial charge in [0.1, 0.15) is 6.04 Å². The van der Waals surface area contributed by atoms with Gasteiger partial charge in [0.2, 0.25) is 5.91 Å². The molecule has 0 spiro atoms. The van der Waals surface area contributed by atoms with Crippen molar-refractivity contribution in [3.63, 3.8) is 0 Å². The lowest BCUT2D eigenvalue weighted by molar-refractivity contribution is -0.118. The minimum absolute atomic E-state index is 0.378. The predicted octanol–water partition coefficient (Wildman–Crippen LogP) is 3.77. The summed E-state index contributed by atoms with van der Waals surface area (Å²) in [6.45, 7) is 4.00. The van der Waals surface area contributed by atoms with Gasteiger partial charge in [-0.25, -0.2) is 0 Å². The summed E-state index contributed by atoms with van der Waals surface area (Å²) in [7, 11) is 0. The van der Waals surface area contributed by atoms with Crippen LogP contribution >= 0.6 is 27.3 Å². The number of para-hydroxylation sites is 1. The third-order valence-electron chi connectivity index (χ3n) is 2.89. The summed E-state index contributed by atoms with van der Waals surface area (Å²) >= 11 is 5.03. The average molecular weight is 339 g/mol. The number of amides is 1. The van der Waals surface area contributed by atoms with Crippen molar-refractivity contribution in [3.8, 4) is 0 Å². The molecule has 0 bridgehead atoms. The SMILES string of the molecule is Cc1ccccc1NC(C(N)=O)c1cc(Br)c(C)s1. The molecule has 100 valence electrons. The van der Waals surface area contributed by atoms with Crippen LogP contribution in [0.15, 0.2) is 34.8 Å².